The maximum atomic E-state index is 12.3. The first-order valence-electron chi connectivity index (χ1n) is 10.2. The minimum absolute atomic E-state index is 0.00799. The number of rotatable bonds is 6. The van der Waals surface area contributed by atoms with E-state index in [1.165, 1.54) is 18.4 Å². The molecule has 2 amide bonds. The SMILES string of the molecule is O=C(CNC(=O)c1ccccc1)NC1CC2CCC(C1)N2Cc1ccc(Cl)cc1. The topological polar surface area (TPSA) is 61.4 Å². The van der Waals surface area contributed by atoms with Crippen LogP contribution in [0.5, 0.6) is 0 Å². The third-order valence-corrected chi connectivity index (χ3v) is 6.23. The van der Waals surface area contributed by atoms with Crippen molar-refractivity contribution >= 4 is 23.4 Å². The normalized spacial score (nSPS) is 23.6. The third-order valence-electron chi connectivity index (χ3n) is 5.97. The summed E-state index contributed by atoms with van der Waals surface area (Å²) in [5.74, 6) is -0.344. The predicted molar refractivity (Wildman–Crippen MR) is 114 cm³/mol. The molecule has 0 saturated carbocycles. The minimum Gasteiger partial charge on any atom is -0.352 e. The Morgan fingerprint density at radius 2 is 1.62 bits per heavy atom. The van der Waals surface area contributed by atoms with Crippen LogP contribution < -0.4 is 10.6 Å². The highest BCUT2D eigenvalue weighted by atomic mass is 35.5. The number of amides is 2. The van der Waals surface area contributed by atoms with Gasteiger partial charge in [0.2, 0.25) is 5.91 Å². The first-order chi connectivity index (χ1) is 14.1. The summed E-state index contributed by atoms with van der Waals surface area (Å²) in [5, 5.41) is 6.58. The summed E-state index contributed by atoms with van der Waals surface area (Å²) in [6.45, 7) is 0.939. The molecule has 2 fully saturated rings. The van der Waals surface area contributed by atoms with Crippen LogP contribution in [0.1, 0.15) is 41.6 Å². The van der Waals surface area contributed by atoms with Crippen LogP contribution in [-0.2, 0) is 11.3 Å². The fourth-order valence-electron chi connectivity index (χ4n) is 4.58. The maximum Gasteiger partial charge on any atom is 0.251 e. The van der Waals surface area contributed by atoms with E-state index in [4.69, 9.17) is 11.6 Å². The van der Waals surface area contributed by atoms with Crippen molar-refractivity contribution in [1.29, 1.82) is 0 Å². The lowest BCUT2D eigenvalue weighted by molar-refractivity contribution is -0.121. The van der Waals surface area contributed by atoms with E-state index in [1.807, 2.05) is 30.3 Å². The Kier molecular flexibility index (Phi) is 6.16. The van der Waals surface area contributed by atoms with Gasteiger partial charge in [-0.15, -0.1) is 0 Å². The zero-order valence-electron chi connectivity index (χ0n) is 16.3. The van der Waals surface area contributed by atoms with E-state index in [0.29, 0.717) is 17.6 Å². The molecule has 152 valence electrons. The van der Waals surface area contributed by atoms with Gasteiger partial charge in [-0.3, -0.25) is 14.5 Å². The highest BCUT2D eigenvalue weighted by Crippen LogP contribution is 2.36. The second-order valence-corrected chi connectivity index (χ2v) is 8.40. The zero-order valence-corrected chi connectivity index (χ0v) is 17.1. The summed E-state index contributed by atoms with van der Waals surface area (Å²) in [7, 11) is 0. The van der Waals surface area contributed by atoms with Crippen molar-refractivity contribution in [2.75, 3.05) is 6.54 Å². The van der Waals surface area contributed by atoms with E-state index in [9.17, 15) is 9.59 Å². The molecule has 0 aliphatic carbocycles. The van der Waals surface area contributed by atoms with Gasteiger partial charge in [0.05, 0.1) is 6.54 Å². The first kappa shape index (κ1) is 19.9. The second-order valence-electron chi connectivity index (χ2n) is 7.97. The first-order valence-corrected chi connectivity index (χ1v) is 10.6. The summed E-state index contributed by atoms with van der Waals surface area (Å²) in [4.78, 5) is 27.0. The van der Waals surface area contributed by atoms with E-state index in [-0.39, 0.29) is 24.4 Å². The molecule has 2 aromatic carbocycles. The van der Waals surface area contributed by atoms with Crippen molar-refractivity contribution in [2.45, 2.75) is 50.4 Å². The Bertz CT molecular complexity index is 842. The van der Waals surface area contributed by atoms with Crippen LogP contribution in [0.15, 0.2) is 54.6 Å². The molecule has 2 atom stereocenters. The van der Waals surface area contributed by atoms with Gasteiger partial charge >= 0.3 is 0 Å². The van der Waals surface area contributed by atoms with Gasteiger partial charge in [-0.05, 0) is 55.5 Å². The van der Waals surface area contributed by atoms with E-state index < -0.39 is 0 Å². The molecule has 4 rings (SSSR count). The van der Waals surface area contributed by atoms with E-state index in [1.54, 1.807) is 12.1 Å². The largest absolute Gasteiger partial charge is 0.352 e. The lowest BCUT2D eigenvalue weighted by Gasteiger charge is -2.39. The van der Waals surface area contributed by atoms with Crippen molar-refractivity contribution in [3.63, 3.8) is 0 Å². The summed E-state index contributed by atoms with van der Waals surface area (Å²) in [6.07, 6.45) is 4.27. The number of nitrogens with one attached hydrogen (secondary N) is 2. The monoisotopic (exact) mass is 411 g/mol. The van der Waals surface area contributed by atoms with Gasteiger partial charge in [-0.25, -0.2) is 0 Å². The fourth-order valence-corrected chi connectivity index (χ4v) is 4.71. The predicted octanol–water partition coefficient (Wildman–Crippen LogP) is 3.38. The second kappa shape index (κ2) is 8.97. The molecule has 5 nitrogen and oxygen atoms in total. The number of hydrogen-bond acceptors (Lipinski definition) is 3. The van der Waals surface area contributed by atoms with Crippen LogP contribution in [0.2, 0.25) is 5.02 Å². The molecular weight excluding hydrogens is 386 g/mol. The fraction of sp³-hybridized carbons (Fsp3) is 0.391. The molecule has 2 aromatic rings. The maximum absolute atomic E-state index is 12.3. The number of carbonyl (C=O) groups excluding carboxylic acids is 2. The number of piperidine rings is 1. The van der Waals surface area contributed by atoms with Crippen LogP contribution in [0.3, 0.4) is 0 Å². The van der Waals surface area contributed by atoms with Gasteiger partial charge in [0.1, 0.15) is 0 Å². The van der Waals surface area contributed by atoms with E-state index >= 15 is 0 Å². The Morgan fingerprint density at radius 1 is 0.966 bits per heavy atom. The molecule has 2 aliphatic rings. The van der Waals surface area contributed by atoms with Crippen LogP contribution in [0.25, 0.3) is 0 Å². The summed E-state index contributed by atoms with van der Waals surface area (Å²) in [6, 6.07) is 18.2. The Morgan fingerprint density at radius 3 is 2.28 bits per heavy atom. The Hall–Kier alpha value is -2.37. The highest BCUT2D eigenvalue weighted by molar-refractivity contribution is 6.30. The third kappa shape index (κ3) is 4.98. The number of halogens is 1. The van der Waals surface area contributed by atoms with Crippen molar-refractivity contribution < 1.29 is 9.59 Å². The molecule has 2 heterocycles. The summed E-state index contributed by atoms with van der Waals surface area (Å²) in [5.41, 5.74) is 1.84. The molecule has 2 aliphatic heterocycles. The summed E-state index contributed by atoms with van der Waals surface area (Å²) < 4.78 is 0. The number of hydrogen-bond donors (Lipinski definition) is 2. The van der Waals surface area contributed by atoms with Crippen LogP contribution in [0.4, 0.5) is 0 Å². The molecule has 2 bridgehead atoms. The molecule has 0 spiro atoms. The van der Waals surface area contributed by atoms with Gasteiger partial charge in [0.25, 0.3) is 5.91 Å². The number of carbonyl (C=O) groups is 2. The van der Waals surface area contributed by atoms with Gasteiger partial charge < -0.3 is 10.6 Å². The van der Waals surface area contributed by atoms with Gasteiger partial charge in [-0.1, -0.05) is 41.9 Å². The molecule has 2 N–H and O–H groups in total. The number of benzene rings is 2. The molecule has 0 aromatic heterocycles. The molecule has 0 radical (unpaired) electrons. The average Bonchev–Trinajstić information content (AvgIpc) is 2.96. The molecule has 29 heavy (non-hydrogen) atoms. The number of fused-ring (bicyclic) bond motifs is 2. The van der Waals surface area contributed by atoms with Crippen molar-refractivity contribution in [3.05, 3.63) is 70.7 Å². The van der Waals surface area contributed by atoms with Gasteiger partial charge in [0.15, 0.2) is 0 Å². The zero-order chi connectivity index (χ0) is 20.2. The quantitative estimate of drug-likeness (QED) is 0.766. The van der Waals surface area contributed by atoms with E-state index in [0.717, 1.165) is 24.4 Å². The van der Waals surface area contributed by atoms with E-state index in [2.05, 4.69) is 27.7 Å². The smallest absolute Gasteiger partial charge is 0.251 e. The van der Waals surface area contributed by atoms with Crippen LogP contribution in [0, 0.1) is 0 Å². The van der Waals surface area contributed by atoms with Crippen molar-refractivity contribution in [3.8, 4) is 0 Å². The number of nitrogens with zero attached hydrogens (tertiary/aromatic N) is 1. The molecular formula is C23H26ClN3O2. The van der Waals surface area contributed by atoms with Crippen LogP contribution in [-0.4, -0.2) is 41.4 Å². The van der Waals surface area contributed by atoms with Gasteiger partial charge in [0, 0.05) is 35.3 Å². The summed E-state index contributed by atoms with van der Waals surface area (Å²) >= 11 is 5.99. The average molecular weight is 412 g/mol. The Labute approximate surface area is 176 Å². The standard InChI is InChI=1S/C23H26ClN3O2/c24-18-8-6-16(7-9-18)15-27-20-10-11-21(27)13-19(12-20)26-22(28)14-25-23(29)17-4-2-1-3-5-17/h1-9,19-21H,10-15H2,(H,25,29)(H,26,28). The Balaban J connectivity index is 1.26. The molecule has 2 unspecified atom stereocenters. The lowest BCUT2D eigenvalue weighted by Crippen LogP contribution is -2.51. The van der Waals surface area contributed by atoms with Crippen molar-refractivity contribution in [1.82, 2.24) is 15.5 Å². The van der Waals surface area contributed by atoms with Gasteiger partial charge in [-0.2, -0.15) is 0 Å². The minimum atomic E-state index is -0.224. The van der Waals surface area contributed by atoms with Crippen molar-refractivity contribution in [2.24, 2.45) is 0 Å². The lowest BCUT2D eigenvalue weighted by atomic mass is 9.96. The highest BCUT2D eigenvalue weighted by Gasteiger charge is 2.40. The molecule has 2 saturated heterocycles. The van der Waals surface area contributed by atoms with Crippen LogP contribution >= 0.6 is 11.6 Å². The molecule has 6 heteroatoms.